The third kappa shape index (κ3) is 3.06. The van der Waals surface area contributed by atoms with E-state index in [0.717, 1.165) is 5.69 Å². The summed E-state index contributed by atoms with van der Waals surface area (Å²) in [5.41, 5.74) is 5.81. The standard InChI is InChI=1S/C10H17N3O2/c1-8-4-6-13(12-8)7-5-10(2,11)9(14)15-3/h4,6H,5,7,11H2,1-3H3. The van der Waals surface area contributed by atoms with Crippen molar-refractivity contribution in [2.45, 2.75) is 32.4 Å². The summed E-state index contributed by atoms with van der Waals surface area (Å²) in [5, 5.41) is 4.21. The van der Waals surface area contributed by atoms with E-state index in [1.165, 1.54) is 7.11 Å². The number of hydrogen-bond donors (Lipinski definition) is 1. The molecular formula is C10H17N3O2. The summed E-state index contributed by atoms with van der Waals surface area (Å²) in [5.74, 6) is -0.397. The van der Waals surface area contributed by atoms with Gasteiger partial charge in [0.2, 0.25) is 0 Å². The maximum atomic E-state index is 11.3. The number of nitrogens with two attached hydrogens (primary N) is 1. The molecule has 0 spiro atoms. The Kier molecular flexibility index (Phi) is 3.47. The molecule has 2 N–H and O–H groups in total. The van der Waals surface area contributed by atoms with Gasteiger partial charge in [-0.25, -0.2) is 0 Å². The van der Waals surface area contributed by atoms with E-state index in [9.17, 15) is 4.79 Å². The van der Waals surface area contributed by atoms with Crippen LogP contribution in [0.25, 0.3) is 0 Å². The van der Waals surface area contributed by atoms with Gasteiger partial charge in [0.1, 0.15) is 5.54 Å². The van der Waals surface area contributed by atoms with Gasteiger partial charge in [-0.1, -0.05) is 0 Å². The van der Waals surface area contributed by atoms with E-state index in [1.807, 2.05) is 19.2 Å². The van der Waals surface area contributed by atoms with Crippen LogP contribution < -0.4 is 5.73 Å². The summed E-state index contributed by atoms with van der Waals surface area (Å²) >= 11 is 0. The second-order valence-electron chi connectivity index (χ2n) is 3.88. The second kappa shape index (κ2) is 4.44. The summed E-state index contributed by atoms with van der Waals surface area (Å²) < 4.78 is 6.38. The van der Waals surface area contributed by atoms with E-state index in [1.54, 1.807) is 11.6 Å². The van der Waals surface area contributed by atoms with Crippen molar-refractivity contribution in [1.29, 1.82) is 0 Å². The quantitative estimate of drug-likeness (QED) is 0.735. The Labute approximate surface area is 89.2 Å². The van der Waals surface area contributed by atoms with Crippen LogP contribution in [0.3, 0.4) is 0 Å². The lowest BCUT2D eigenvalue weighted by Crippen LogP contribution is -2.46. The van der Waals surface area contributed by atoms with Crippen molar-refractivity contribution in [3.05, 3.63) is 18.0 Å². The average Bonchev–Trinajstić information content (AvgIpc) is 2.60. The smallest absolute Gasteiger partial charge is 0.325 e. The molecule has 5 nitrogen and oxygen atoms in total. The normalized spacial score (nSPS) is 14.7. The molecule has 0 fully saturated rings. The van der Waals surface area contributed by atoms with Crippen molar-refractivity contribution in [2.24, 2.45) is 5.73 Å². The third-order valence-electron chi connectivity index (χ3n) is 2.29. The molecule has 0 amide bonds. The molecule has 1 aromatic rings. The molecule has 5 heteroatoms. The minimum atomic E-state index is -0.950. The number of carbonyl (C=O) groups is 1. The Morgan fingerprint density at radius 2 is 2.40 bits per heavy atom. The largest absolute Gasteiger partial charge is 0.468 e. The number of esters is 1. The van der Waals surface area contributed by atoms with Crippen LogP contribution in [0, 0.1) is 6.92 Å². The van der Waals surface area contributed by atoms with Crippen LogP contribution >= 0.6 is 0 Å². The highest BCUT2D eigenvalue weighted by atomic mass is 16.5. The highest BCUT2D eigenvalue weighted by molar-refractivity contribution is 5.79. The molecule has 0 bridgehead atoms. The Bertz CT molecular complexity index is 344. The first-order chi connectivity index (χ1) is 6.95. The molecule has 0 aromatic carbocycles. The van der Waals surface area contributed by atoms with Gasteiger partial charge in [-0.2, -0.15) is 5.10 Å². The monoisotopic (exact) mass is 211 g/mol. The first kappa shape index (κ1) is 11.7. The molecule has 0 radical (unpaired) electrons. The molecule has 0 aliphatic carbocycles. The summed E-state index contributed by atoms with van der Waals surface area (Å²) in [7, 11) is 1.34. The molecule has 1 heterocycles. The van der Waals surface area contributed by atoms with Crippen LogP contribution in [-0.4, -0.2) is 28.4 Å². The summed E-state index contributed by atoms with van der Waals surface area (Å²) in [6, 6.07) is 1.91. The van der Waals surface area contributed by atoms with Crippen molar-refractivity contribution < 1.29 is 9.53 Å². The highest BCUT2D eigenvalue weighted by Crippen LogP contribution is 2.09. The minimum absolute atomic E-state index is 0.397. The van der Waals surface area contributed by atoms with Gasteiger partial charge >= 0.3 is 5.97 Å². The second-order valence-corrected chi connectivity index (χ2v) is 3.88. The summed E-state index contributed by atoms with van der Waals surface area (Å²) in [4.78, 5) is 11.3. The van der Waals surface area contributed by atoms with Gasteiger partial charge in [0.05, 0.1) is 12.8 Å². The Morgan fingerprint density at radius 3 is 2.87 bits per heavy atom. The fourth-order valence-electron chi connectivity index (χ4n) is 1.27. The predicted octanol–water partition coefficient (Wildman–Crippen LogP) is 0.472. The molecule has 1 rings (SSSR count). The van der Waals surface area contributed by atoms with E-state index >= 15 is 0 Å². The van der Waals surface area contributed by atoms with Crippen LogP contribution in [0.15, 0.2) is 12.3 Å². The molecule has 1 unspecified atom stereocenters. The van der Waals surface area contributed by atoms with Gasteiger partial charge in [0.25, 0.3) is 0 Å². The molecule has 0 saturated heterocycles. The Balaban J connectivity index is 2.53. The molecule has 0 saturated carbocycles. The van der Waals surface area contributed by atoms with Gasteiger partial charge in [-0.3, -0.25) is 9.48 Å². The van der Waals surface area contributed by atoms with E-state index in [0.29, 0.717) is 13.0 Å². The topological polar surface area (TPSA) is 70.1 Å². The highest BCUT2D eigenvalue weighted by Gasteiger charge is 2.28. The van der Waals surface area contributed by atoms with Crippen LogP contribution in [0.5, 0.6) is 0 Å². The molecule has 84 valence electrons. The predicted molar refractivity (Wildman–Crippen MR) is 56.2 cm³/mol. The minimum Gasteiger partial charge on any atom is -0.468 e. The van der Waals surface area contributed by atoms with Crippen LogP contribution in [0.2, 0.25) is 0 Å². The summed E-state index contributed by atoms with van der Waals surface area (Å²) in [6.07, 6.45) is 2.36. The number of methoxy groups -OCH3 is 1. The third-order valence-corrected chi connectivity index (χ3v) is 2.29. The number of aromatic nitrogens is 2. The first-order valence-corrected chi connectivity index (χ1v) is 4.83. The van der Waals surface area contributed by atoms with Crippen LogP contribution in [0.4, 0.5) is 0 Å². The van der Waals surface area contributed by atoms with Crippen molar-refractivity contribution >= 4 is 5.97 Å². The van der Waals surface area contributed by atoms with Crippen molar-refractivity contribution in [3.63, 3.8) is 0 Å². The van der Waals surface area contributed by atoms with Gasteiger partial charge in [0, 0.05) is 12.7 Å². The van der Waals surface area contributed by atoms with Gasteiger partial charge < -0.3 is 10.5 Å². The fourth-order valence-corrected chi connectivity index (χ4v) is 1.27. The maximum absolute atomic E-state index is 11.3. The SMILES string of the molecule is COC(=O)C(C)(N)CCn1ccc(C)n1. The zero-order chi connectivity index (χ0) is 11.5. The van der Waals surface area contributed by atoms with E-state index in [2.05, 4.69) is 9.84 Å². The number of nitrogens with zero attached hydrogens (tertiary/aromatic N) is 2. The molecule has 0 aliphatic heterocycles. The lowest BCUT2D eigenvalue weighted by atomic mass is 10.00. The fraction of sp³-hybridized carbons (Fsp3) is 0.600. The lowest BCUT2D eigenvalue weighted by Gasteiger charge is -2.20. The zero-order valence-electron chi connectivity index (χ0n) is 9.36. The maximum Gasteiger partial charge on any atom is 0.325 e. The number of carbonyl (C=O) groups excluding carboxylic acids is 1. The van der Waals surface area contributed by atoms with Crippen molar-refractivity contribution in [3.8, 4) is 0 Å². The van der Waals surface area contributed by atoms with Crippen molar-refractivity contribution in [2.75, 3.05) is 7.11 Å². The number of ether oxygens (including phenoxy) is 1. The van der Waals surface area contributed by atoms with Gasteiger partial charge in [-0.15, -0.1) is 0 Å². The lowest BCUT2D eigenvalue weighted by molar-refractivity contribution is -0.146. The number of hydrogen-bond acceptors (Lipinski definition) is 4. The molecule has 1 aromatic heterocycles. The zero-order valence-corrected chi connectivity index (χ0v) is 9.36. The molecule has 15 heavy (non-hydrogen) atoms. The van der Waals surface area contributed by atoms with E-state index in [-0.39, 0.29) is 0 Å². The van der Waals surface area contributed by atoms with Gasteiger partial charge in [-0.05, 0) is 26.3 Å². The number of aryl methyl sites for hydroxylation is 2. The van der Waals surface area contributed by atoms with Crippen molar-refractivity contribution in [1.82, 2.24) is 9.78 Å². The molecule has 1 atom stereocenters. The van der Waals surface area contributed by atoms with E-state index in [4.69, 9.17) is 5.73 Å². The van der Waals surface area contributed by atoms with Gasteiger partial charge in [0.15, 0.2) is 0 Å². The average molecular weight is 211 g/mol. The molecule has 0 aliphatic rings. The molecular weight excluding hydrogens is 194 g/mol. The summed E-state index contributed by atoms with van der Waals surface area (Å²) in [6.45, 7) is 4.18. The Morgan fingerprint density at radius 1 is 1.73 bits per heavy atom. The first-order valence-electron chi connectivity index (χ1n) is 4.83. The Hall–Kier alpha value is -1.36. The van der Waals surface area contributed by atoms with Crippen LogP contribution in [0.1, 0.15) is 19.0 Å². The van der Waals surface area contributed by atoms with E-state index < -0.39 is 11.5 Å². The van der Waals surface area contributed by atoms with Crippen LogP contribution in [-0.2, 0) is 16.1 Å². The number of rotatable bonds is 4.